The zero-order valence-electron chi connectivity index (χ0n) is 13.1. The van der Waals surface area contributed by atoms with Gasteiger partial charge in [-0.25, -0.2) is 4.39 Å². The molecule has 0 spiro atoms. The molecule has 22 heavy (non-hydrogen) atoms. The van der Waals surface area contributed by atoms with Gasteiger partial charge in [-0.15, -0.1) is 0 Å². The molecule has 2 N–H and O–H groups in total. The molecule has 0 heterocycles. The predicted octanol–water partition coefficient (Wildman–Crippen LogP) is 3.85. The van der Waals surface area contributed by atoms with Crippen LogP contribution in [0, 0.1) is 5.41 Å². The van der Waals surface area contributed by atoms with E-state index in [1.807, 2.05) is 18.2 Å². The predicted molar refractivity (Wildman–Crippen MR) is 91.4 cm³/mol. The molecule has 0 aliphatic heterocycles. The first-order valence-corrected chi connectivity index (χ1v) is 7.47. The second kappa shape index (κ2) is 7.59. The van der Waals surface area contributed by atoms with E-state index < -0.39 is 6.67 Å². The molecule has 0 saturated heterocycles. The van der Waals surface area contributed by atoms with Crippen LogP contribution in [0.4, 0.5) is 10.1 Å². The number of alkyl halides is 1. The summed E-state index contributed by atoms with van der Waals surface area (Å²) in [7, 11) is 1.79. The molecular formula is C18H22FN3. The Labute approximate surface area is 131 Å². The Kier molecular flexibility index (Phi) is 5.53. The molecule has 0 radical (unpaired) electrons. The lowest BCUT2D eigenvalue weighted by molar-refractivity contribution is 0.490. The molecule has 0 bridgehead atoms. The SMILES string of the molecule is CCc1cccc(N(C)C(=N)NCCF)c1.c1cc2cc-2c1. The molecule has 3 rings (SSSR count). The van der Waals surface area contributed by atoms with Crippen LogP contribution in [0.3, 0.4) is 0 Å². The molecule has 116 valence electrons. The van der Waals surface area contributed by atoms with Crippen molar-refractivity contribution >= 4 is 11.6 Å². The lowest BCUT2D eigenvalue weighted by atomic mass is 10.1. The van der Waals surface area contributed by atoms with Crippen LogP contribution in [0.5, 0.6) is 0 Å². The first-order valence-electron chi connectivity index (χ1n) is 7.47. The number of nitrogens with one attached hydrogen (secondary N) is 2. The quantitative estimate of drug-likeness (QED) is 0.567. The van der Waals surface area contributed by atoms with Gasteiger partial charge in [-0.1, -0.05) is 37.3 Å². The van der Waals surface area contributed by atoms with Crippen molar-refractivity contribution in [3.8, 4) is 11.1 Å². The molecule has 0 unspecified atom stereocenters. The highest BCUT2D eigenvalue weighted by Gasteiger charge is 2.07. The molecule has 0 atom stereocenters. The van der Waals surface area contributed by atoms with E-state index in [1.54, 1.807) is 11.9 Å². The van der Waals surface area contributed by atoms with Gasteiger partial charge in [-0.3, -0.25) is 5.41 Å². The minimum Gasteiger partial charge on any atom is -0.354 e. The number of guanidine groups is 1. The van der Waals surface area contributed by atoms with E-state index in [1.165, 1.54) is 16.7 Å². The largest absolute Gasteiger partial charge is 0.354 e. The Morgan fingerprint density at radius 3 is 2.32 bits per heavy atom. The molecule has 0 amide bonds. The Bertz CT molecular complexity index is 622. The third-order valence-electron chi connectivity index (χ3n) is 3.54. The van der Waals surface area contributed by atoms with E-state index in [4.69, 9.17) is 5.41 Å². The van der Waals surface area contributed by atoms with Gasteiger partial charge in [0.15, 0.2) is 5.96 Å². The van der Waals surface area contributed by atoms with Gasteiger partial charge in [0.1, 0.15) is 6.67 Å². The second-order valence-corrected chi connectivity index (χ2v) is 5.13. The van der Waals surface area contributed by atoms with E-state index >= 15 is 0 Å². The van der Waals surface area contributed by atoms with Gasteiger partial charge < -0.3 is 10.2 Å². The highest BCUT2D eigenvalue weighted by atomic mass is 19.1. The summed E-state index contributed by atoms with van der Waals surface area (Å²) < 4.78 is 12.0. The maximum atomic E-state index is 12.0. The van der Waals surface area contributed by atoms with Crippen molar-refractivity contribution in [1.29, 1.82) is 5.41 Å². The Hall–Kier alpha value is -2.36. The fourth-order valence-electron chi connectivity index (χ4n) is 2.07. The summed E-state index contributed by atoms with van der Waals surface area (Å²) in [4.78, 5) is 1.70. The Morgan fingerprint density at radius 1 is 1.14 bits per heavy atom. The van der Waals surface area contributed by atoms with Crippen molar-refractivity contribution in [2.75, 3.05) is 25.2 Å². The lowest BCUT2D eigenvalue weighted by Crippen LogP contribution is -2.39. The Balaban J connectivity index is 0.000000238. The standard InChI is InChI=1S/C12H18FN3.C6H4/c1-3-10-5-4-6-11(9-10)16(2)12(14)15-8-7-13;1-2-5-4-6(5)3-1/h4-6,9H,3,7-8H2,1-2H3,(H2,14,15);1-4H. The van der Waals surface area contributed by atoms with Crippen molar-refractivity contribution in [1.82, 2.24) is 5.32 Å². The molecule has 1 aromatic rings. The molecule has 0 saturated carbocycles. The number of aryl methyl sites for hydroxylation is 1. The maximum Gasteiger partial charge on any atom is 0.195 e. The molecule has 0 aromatic heterocycles. The molecule has 3 nitrogen and oxygen atoms in total. The summed E-state index contributed by atoms with van der Waals surface area (Å²) in [6.45, 7) is 1.80. The molecule has 0 fully saturated rings. The number of hydrogen-bond donors (Lipinski definition) is 2. The normalized spacial score (nSPS) is 10.3. The number of anilines is 1. The van der Waals surface area contributed by atoms with Crippen molar-refractivity contribution in [3.63, 3.8) is 0 Å². The van der Waals surface area contributed by atoms with Gasteiger partial charge in [-0.2, -0.15) is 0 Å². The summed E-state index contributed by atoms with van der Waals surface area (Å²) in [6.07, 6.45) is 0.965. The maximum absolute atomic E-state index is 12.0. The number of benzene rings is 2. The van der Waals surface area contributed by atoms with E-state index in [9.17, 15) is 4.39 Å². The summed E-state index contributed by atoms with van der Waals surface area (Å²) in [5.74, 6) is 0.214. The summed E-state index contributed by atoms with van der Waals surface area (Å²) >= 11 is 0. The van der Waals surface area contributed by atoms with E-state index in [-0.39, 0.29) is 12.5 Å². The minimum absolute atomic E-state index is 0.177. The molecule has 2 aliphatic rings. The van der Waals surface area contributed by atoms with Crippen LogP contribution in [-0.2, 0) is 6.42 Å². The minimum atomic E-state index is -0.467. The van der Waals surface area contributed by atoms with Crippen molar-refractivity contribution in [3.05, 3.63) is 54.1 Å². The van der Waals surface area contributed by atoms with Gasteiger partial charge in [0, 0.05) is 19.3 Å². The first kappa shape index (κ1) is 16.0. The van der Waals surface area contributed by atoms with Gasteiger partial charge in [0.2, 0.25) is 0 Å². The van der Waals surface area contributed by atoms with Crippen LogP contribution in [0.15, 0.2) is 48.5 Å². The van der Waals surface area contributed by atoms with Gasteiger partial charge in [-0.05, 0) is 41.3 Å². The molecular weight excluding hydrogens is 277 g/mol. The van der Waals surface area contributed by atoms with Crippen LogP contribution in [0.25, 0.3) is 11.1 Å². The average molecular weight is 299 g/mol. The summed E-state index contributed by atoms with van der Waals surface area (Å²) in [5, 5.41) is 10.4. The monoisotopic (exact) mass is 299 g/mol. The molecule has 4 heteroatoms. The highest BCUT2D eigenvalue weighted by Crippen LogP contribution is 2.32. The second-order valence-electron chi connectivity index (χ2n) is 5.13. The highest BCUT2D eigenvalue weighted by molar-refractivity contribution is 5.93. The van der Waals surface area contributed by atoms with Crippen molar-refractivity contribution in [2.24, 2.45) is 0 Å². The number of fused-ring (bicyclic) bond motifs is 1. The van der Waals surface area contributed by atoms with Crippen molar-refractivity contribution < 1.29 is 4.39 Å². The smallest absolute Gasteiger partial charge is 0.195 e. The Morgan fingerprint density at radius 2 is 1.82 bits per heavy atom. The number of nitrogens with zero attached hydrogens (tertiary/aromatic N) is 1. The van der Waals surface area contributed by atoms with Crippen LogP contribution in [0.1, 0.15) is 12.5 Å². The zero-order valence-corrected chi connectivity index (χ0v) is 13.1. The van der Waals surface area contributed by atoms with E-state index in [2.05, 4.69) is 42.6 Å². The fraction of sp³-hybridized carbons (Fsp3) is 0.278. The number of halogens is 1. The van der Waals surface area contributed by atoms with Crippen molar-refractivity contribution in [2.45, 2.75) is 13.3 Å². The summed E-state index contributed by atoms with van der Waals surface area (Å²) in [6, 6.07) is 16.5. The van der Waals surface area contributed by atoms with E-state index in [0.29, 0.717) is 0 Å². The number of rotatable bonds is 4. The molecule has 2 aliphatic carbocycles. The molecule has 1 aromatic carbocycles. The average Bonchev–Trinajstić information content (AvgIpc) is 3.17. The number of hydrogen-bond acceptors (Lipinski definition) is 1. The van der Waals surface area contributed by atoms with Gasteiger partial charge >= 0.3 is 0 Å². The third-order valence-corrected chi connectivity index (χ3v) is 3.54. The van der Waals surface area contributed by atoms with Gasteiger partial charge in [0.25, 0.3) is 0 Å². The van der Waals surface area contributed by atoms with Crippen LogP contribution >= 0.6 is 0 Å². The van der Waals surface area contributed by atoms with Crippen LogP contribution in [0.2, 0.25) is 0 Å². The fourth-order valence-corrected chi connectivity index (χ4v) is 2.07. The lowest BCUT2D eigenvalue weighted by Gasteiger charge is -2.21. The van der Waals surface area contributed by atoms with Crippen LogP contribution < -0.4 is 10.2 Å². The van der Waals surface area contributed by atoms with Gasteiger partial charge in [0.05, 0.1) is 0 Å². The topological polar surface area (TPSA) is 39.1 Å². The third kappa shape index (κ3) is 4.32. The van der Waals surface area contributed by atoms with E-state index in [0.717, 1.165) is 12.1 Å². The summed E-state index contributed by atoms with van der Waals surface area (Å²) in [5.41, 5.74) is 5.02. The van der Waals surface area contributed by atoms with Crippen LogP contribution in [-0.4, -0.2) is 26.2 Å². The first-order chi connectivity index (χ1) is 10.7. The zero-order chi connectivity index (χ0) is 15.9.